The zero-order valence-corrected chi connectivity index (χ0v) is 9.09. The van der Waals surface area contributed by atoms with Crippen molar-refractivity contribution in [2.24, 2.45) is 7.05 Å². The summed E-state index contributed by atoms with van der Waals surface area (Å²) in [6, 6.07) is 0. The Bertz CT molecular complexity index is 368. The van der Waals surface area contributed by atoms with E-state index >= 15 is 0 Å². The molecule has 0 bridgehead atoms. The summed E-state index contributed by atoms with van der Waals surface area (Å²) in [5.74, 6) is -0.280. The van der Waals surface area contributed by atoms with Gasteiger partial charge in [-0.2, -0.15) is 0 Å². The number of carbonyl (C=O) groups excluding carboxylic acids is 1. The summed E-state index contributed by atoms with van der Waals surface area (Å²) in [7, 11) is 3.11. The molecule has 0 aliphatic rings. The minimum Gasteiger partial charge on any atom is -0.465 e. The van der Waals surface area contributed by atoms with Gasteiger partial charge >= 0.3 is 11.1 Å². The second-order valence-electron chi connectivity index (χ2n) is 2.63. The van der Waals surface area contributed by atoms with Crippen molar-refractivity contribution in [3.05, 3.63) is 11.8 Å². The molecule has 6 heteroatoms. The fourth-order valence-electron chi connectivity index (χ4n) is 1.01. The van der Waals surface area contributed by atoms with E-state index < -0.39 is 5.97 Å². The van der Waals surface area contributed by atoms with E-state index in [9.17, 15) is 4.79 Å². The standard InChI is InChI=1S/C8H11N3O2S/c1-11-4-5(7(12)13-2)6(9)10-8(11)14-3/h4,9H,1-3H3/p+1. The minimum absolute atomic E-state index is 0.194. The van der Waals surface area contributed by atoms with E-state index in [0.29, 0.717) is 0 Å². The topological polar surface area (TPSA) is 69.1 Å². The van der Waals surface area contributed by atoms with Gasteiger partial charge in [-0.3, -0.25) is 0 Å². The largest absolute Gasteiger partial charge is 0.465 e. The molecule has 5 nitrogen and oxygen atoms in total. The second kappa shape index (κ2) is 4.28. The van der Waals surface area contributed by atoms with Crippen LogP contribution in [0.5, 0.6) is 0 Å². The predicted molar refractivity (Wildman–Crippen MR) is 52.9 cm³/mol. The number of esters is 1. The van der Waals surface area contributed by atoms with Gasteiger partial charge in [-0.1, -0.05) is 0 Å². The van der Waals surface area contributed by atoms with Gasteiger partial charge in [0.1, 0.15) is 6.20 Å². The van der Waals surface area contributed by atoms with E-state index in [1.165, 1.54) is 18.9 Å². The van der Waals surface area contributed by atoms with Crippen LogP contribution in [0.3, 0.4) is 0 Å². The number of nitrogens with zero attached hydrogens (tertiary/aromatic N) is 2. The normalized spacial score (nSPS) is 9.93. The van der Waals surface area contributed by atoms with E-state index in [1.54, 1.807) is 17.8 Å². The van der Waals surface area contributed by atoms with Crippen LogP contribution in [0, 0.1) is 0 Å². The number of carbonyl (C=O) groups is 1. The van der Waals surface area contributed by atoms with Gasteiger partial charge in [-0.25, -0.2) is 9.36 Å². The summed E-state index contributed by atoms with van der Waals surface area (Å²) in [6.07, 6.45) is 3.50. The van der Waals surface area contributed by atoms with Crippen molar-refractivity contribution in [1.29, 1.82) is 0 Å². The molecule has 0 aromatic carbocycles. The van der Waals surface area contributed by atoms with E-state index in [-0.39, 0.29) is 11.4 Å². The van der Waals surface area contributed by atoms with Crippen molar-refractivity contribution >= 4 is 23.5 Å². The van der Waals surface area contributed by atoms with Gasteiger partial charge in [-0.05, 0) is 23.0 Å². The van der Waals surface area contributed by atoms with Gasteiger partial charge in [0.05, 0.1) is 14.2 Å². The van der Waals surface area contributed by atoms with Crippen LogP contribution in [0.4, 0.5) is 5.82 Å². The molecular weight excluding hydrogens is 202 g/mol. The Morgan fingerprint density at radius 2 is 2.36 bits per heavy atom. The first-order valence-electron chi connectivity index (χ1n) is 3.88. The van der Waals surface area contributed by atoms with E-state index in [1.807, 2.05) is 6.26 Å². The van der Waals surface area contributed by atoms with Crippen LogP contribution in [0.2, 0.25) is 0 Å². The van der Waals surface area contributed by atoms with Crippen molar-refractivity contribution in [3.8, 4) is 0 Å². The van der Waals surface area contributed by atoms with E-state index in [4.69, 9.17) is 5.73 Å². The molecule has 1 rings (SSSR count). The van der Waals surface area contributed by atoms with Crippen molar-refractivity contribution in [3.63, 3.8) is 0 Å². The molecule has 0 saturated carbocycles. The third kappa shape index (κ3) is 1.95. The highest BCUT2D eigenvalue weighted by molar-refractivity contribution is 7.98. The van der Waals surface area contributed by atoms with Crippen LogP contribution in [-0.2, 0) is 11.8 Å². The lowest BCUT2D eigenvalue weighted by atomic mass is 10.3. The Morgan fingerprint density at radius 1 is 1.71 bits per heavy atom. The van der Waals surface area contributed by atoms with Gasteiger partial charge in [0.2, 0.25) is 0 Å². The Labute approximate surface area is 86.3 Å². The summed E-state index contributed by atoms with van der Waals surface area (Å²) in [6.45, 7) is 0. The fraction of sp³-hybridized carbons (Fsp3) is 0.375. The monoisotopic (exact) mass is 214 g/mol. The SMILES string of the molecule is COC(=O)c1c[n+](C)c(SC)nc1N. The number of hydrogen-bond donors (Lipinski definition) is 1. The highest BCUT2D eigenvalue weighted by Gasteiger charge is 2.20. The fourth-order valence-corrected chi connectivity index (χ4v) is 1.54. The molecule has 1 heterocycles. The smallest absolute Gasteiger partial charge is 0.361 e. The lowest BCUT2D eigenvalue weighted by Gasteiger charge is -2.01. The summed E-state index contributed by atoms with van der Waals surface area (Å²) in [5, 5.41) is 0.746. The maximum Gasteiger partial charge on any atom is 0.361 e. The molecule has 1 aromatic rings. The van der Waals surface area contributed by atoms with Crippen LogP contribution in [0.15, 0.2) is 11.4 Å². The number of anilines is 1. The molecule has 0 spiro atoms. The number of ether oxygens (including phenoxy) is 1. The predicted octanol–water partition coefficient (Wildman–Crippen LogP) is -0.00320. The molecule has 0 amide bonds. The van der Waals surface area contributed by atoms with Crippen molar-refractivity contribution in [2.45, 2.75) is 5.16 Å². The Kier molecular flexibility index (Phi) is 3.29. The first-order chi connectivity index (χ1) is 6.60. The summed E-state index contributed by atoms with van der Waals surface area (Å²) < 4.78 is 6.30. The number of thioether (sulfide) groups is 1. The first-order valence-corrected chi connectivity index (χ1v) is 5.11. The van der Waals surface area contributed by atoms with Crippen LogP contribution < -0.4 is 10.3 Å². The third-order valence-electron chi connectivity index (χ3n) is 1.70. The van der Waals surface area contributed by atoms with Gasteiger partial charge in [0.25, 0.3) is 5.82 Å². The summed E-state index contributed by atoms with van der Waals surface area (Å²) in [4.78, 5) is 15.3. The summed E-state index contributed by atoms with van der Waals surface area (Å²) >= 11 is 1.46. The Morgan fingerprint density at radius 3 is 2.86 bits per heavy atom. The molecule has 0 radical (unpaired) electrons. The maximum absolute atomic E-state index is 11.2. The molecule has 1 aromatic heterocycles. The second-order valence-corrected chi connectivity index (χ2v) is 3.40. The number of hydrogen-bond acceptors (Lipinski definition) is 5. The lowest BCUT2D eigenvalue weighted by Crippen LogP contribution is -2.34. The Balaban J connectivity index is 3.21. The molecule has 0 unspecified atom stereocenters. The molecule has 0 atom stereocenters. The van der Waals surface area contributed by atoms with Gasteiger partial charge < -0.3 is 10.5 Å². The molecule has 14 heavy (non-hydrogen) atoms. The first kappa shape index (κ1) is 10.8. The molecular formula is C8H12N3O2S+. The van der Waals surface area contributed by atoms with Crippen LogP contribution in [-0.4, -0.2) is 24.3 Å². The molecule has 2 N–H and O–H groups in total. The van der Waals surface area contributed by atoms with Crippen LogP contribution >= 0.6 is 11.8 Å². The maximum atomic E-state index is 11.2. The van der Waals surface area contributed by atoms with Crippen LogP contribution in [0.25, 0.3) is 0 Å². The zero-order chi connectivity index (χ0) is 10.7. The highest BCUT2D eigenvalue weighted by Crippen LogP contribution is 2.12. The van der Waals surface area contributed by atoms with Gasteiger partial charge in [0.15, 0.2) is 5.56 Å². The van der Waals surface area contributed by atoms with E-state index in [0.717, 1.165) is 5.16 Å². The molecule has 0 fully saturated rings. The number of nitrogen functional groups attached to an aromatic ring is 1. The van der Waals surface area contributed by atoms with Crippen molar-refractivity contribution in [2.75, 3.05) is 19.1 Å². The number of rotatable bonds is 2. The molecule has 0 aliphatic heterocycles. The average molecular weight is 214 g/mol. The minimum atomic E-state index is -0.474. The van der Waals surface area contributed by atoms with Crippen molar-refractivity contribution in [1.82, 2.24) is 4.98 Å². The van der Waals surface area contributed by atoms with Gasteiger partial charge in [-0.15, -0.1) is 0 Å². The summed E-state index contributed by atoms with van der Waals surface area (Å²) in [5.41, 5.74) is 5.89. The number of methoxy groups -OCH3 is 1. The van der Waals surface area contributed by atoms with Crippen LogP contribution in [0.1, 0.15) is 10.4 Å². The van der Waals surface area contributed by atoms with E-state index in [2.05, 4.69) is 9.72 Å². The quantitative estimate of drug-likeness (QED) is 0.325. The zero-order valence-electron chi connectivity index (χ0n) is 8.27. The Hall–Kier alpha value is -1.30. The average Bonchev–Trinajstić information content (AvgIpc) is 2.19. The highest BCUT2D eigenvalue weighted by atomic mass is 32.2. The van der Waals surface area contributed by atoms with Crippen molar-refractivity contribution < 1.29 is 14.1 Å². The molecule has 76 valence electrons. The van der Waals surface area contributed by atoms with Gasteiger partial charge in [0, 0.05) is 0 Å². The molecule has 0 saturated heterocycles. The lowest BCUT2D eigenvalue weighted by molar-refractivity contribution is -0.713. The number of aromatic nitrogens is 2. The number of nitrogens with two attached hydrogens (primary N) is 1. The molecule has 0 aliphatic carbocycles. The third-order valence-corrected chi connectivity index (χ3v) is 2.45. The number of aryl methyl sites for hydroxylation is 1.